The largest absolute Gasteiger partial charge is 0.303 e. The molecule has 2 saturated carbocycles. The minimum atomic E-state index is 0.389. The van der Waals surface area contributed by atoms with Crippen LogP contribution in [-0.4, -0.2) is 6.29 Å². The molecule has 0 radical (unpaired) electrons. The molecule has 2 aliphatic carbocycles. The molecule has 2 aliphatic rings. The second-order valence-electron chi connectivity index (χ2n) is 8.50. The molecule has 134 valence electrons. The van der Waals surface area contributed by atoms with Crippen molar-refractivity contribution in [3.63, 3.8) is 0 Å². The van der Waals surface area contributed by atoms with Crippen LogP contribution in [0.3, 0.4) is 0 Å². The molecule has 0 bridgehead atoms. The molecule has 0 unspecified atom stereocenters. The van der Waals surface area contributed by atoms with E-state index in [0.29, 0.717) is 5.92 Å². The Bertz CT molecular complexity index is 295. The molecular weight excluding hydrogens is 280 g/mol. The number of rotatable bonds is 10. The van der Waals surface area contributed by atoms with Crippen LogP contribution in [0.1, 0.15) is 110 Å². The highest BCUT2D eigenvalue weighted by Gasteiger charge is 2.30. The quantitative estimate of drug-likeness (QED) is 0.315. The van der Waals surface area contributed by atoms with Crippen LogP contribution in [0.15, 0.2) is 0 Å². The van der Waals surface area contributed by atoms with Crippen molar-refractivity contribution in [1.82, 2.24) is 0 Å². The van der Waals surface area contributed by atoms with E-state index < -0.39 is 0 Å². The maximum absolute atomic E-state index is 10.9. The van der Waals surface area contributed by atoms with Gasteiger partial charge in [0.15, 0.2) is 0 Å². The molecule has 23 heavy (non-hydrogen) atoms. The number of carbonyl (C=O) groups is 1. The van der Waals surface area contributed by atoms with Crippen LogP contribution >= 0.6 is 0 Å². The smallest absolute Gasteiger partial charge is 0.123 e. The summed E-state index contributed by atoms with van der Waals surface area (Å²) in [7, 11) is 0. The van der Waals surface area contributed by atoms with Crippen molar-refractivity contribution in [3.05, 3.63) is 0 Å². The van der Waals surface area contributed by atoms with E-state index in [2.05, 4.69) is 6.92 Å². The predicted molar refractivity (Wildman–Crippen MR) is 99.6 cm³/mol. The SMILES string of the molecule is CCCCCCCCCC1CCC(C2CCC(C=O)CC2)CC1. The van der Waals surface area contributed by atoms with Crippen molar-refractivity contribution in [2.24, 2.45) is 23.7 Å². The monoisotopic (exact) mass is 320 g/mol. The second kappa shape index (κ2) is 11.3. The van der Waals surface area contributed by atoms with E-state index in [1.54, 1.807) is 0 Å². The number of aldehydes is 1. The molecule has 0 atom stereocenters. The zero-order chi connectivity index (χ0) is 16.3. The zero-order valence-corrected chi connectivity index (χ0v) is 15.6. The molecule has 0 aliphatic heterocycles. The lowest BCUT2D eigenvalue weighted by molar-refractivity contribution is -0.112. The van der Waals surface area contributed by atoms with Crippen molar-refractivity contribution in [3.8, 4) is 0 Å². The summed E-state index contributed by atoms with van der Waals surface area (Å²) in [5, 5.41) is 0. The van der Waals surface area contributed by atoms with E-state index in [1.807, 2.05) is 0 Å². The topological polar surface area (TPSA) is 17.1 Å². The first-order chi connectivity index (χ1) is 11.3. The van der Waals surface area contributed by atoms with E-state index in [9.17, 15) is 4.79 Å². The predicted octanol–water partition coefficient (Wildman–Crippen LogP) is 6.94. The molecule has 0 amide bonds. The van der Waals surface area contributed by atoms with Gasteiger partial charge >= 0.3 is 0 Å². The highest BCUT2D eigenvalue weighted by molar-refractivity contribution is 5.53. The Morgan fingerprint density at radius 3 is 1.78 bits per heavy atom. The molecule has 0 aromatic heterocycles. The molecule has 0 saturated heterocycles. The molecule has 0 spiro atoms. The van der Waals surface area contributed by atoms with Gasteiger partial charge in [-0.3, -0.25) is 0 Å². The average Bonchev–Trinajstić information content (AvgIpc) is 2.61. The van der Waals surface area contributed by atoms with E-state index in [1.165, 1.54) is 109 Å². The van der Waals surface area contributed by atoms with Crippen LogP contribution < -0.4 is 0 Å². The fourth-order valence-corrected chi connectivity index (χ4v) is 5.09. The summed E-state index contributed by atoms with van der Waals surface area (Å²) in [6.07, 6.45) is 23.8. The Morgan fingerprint density at radius 2 is 1.22 bits per heavy atom. The van der Waals surface area contributed by atoms with Crippen molar-refractivity contribution in [1.29, 1.82) is 0 Å². The lowest BCUT2D eigenvalue weighted by atomic mass is 9.69. The van der Waals surface area contributed by atoms with Crippen LogP contribution in [0, 0.1) is 23.7 Å². The third-order valence-electron chi connectivity index (χ3n) is 6.78. The third-order valence-corrected chi connectivity index (χ3v) is 6.78. The van der Waals surface area contributed by atoms with Crippen LogP contribution in [-0.2, 0) is 4.79 Å². The summed E-state index contributed by atoms with van der Waals surface area (Å²) in [4.78, 5) is 10.9. The third kappa shape index (κ3) is 6.98. The zero-order valence-electron chi connectivity index (χ0n) is 15.6. The van der Waals surface area contributed by atoms with Gasteiger partial charge < -0.3 is 4.79 Å². The van der Waals surface area contributed by atoms with Crippen LogP contribution in [0.5, 0.6) is 0 Å². The summed E-state index contributed by atoms with van der Waals surface area (Å²) >= 11 is 0. The number of hydrogen-bond acceptors (Lipinski definition) is 1. The fraction of sp³-hybridized carbons (Fsp3) is 0.955. The van der Waals surface area contributed by atoms with Gasteiger partial charge in [0, 0.05) is 5.92 Å². The van der Waals surface area contributed by atoms with Gasteiger partial charge in [0.2, 0.25) is 0 Å². The summed E-state index contributed by atoms with van der Waals surface area (Å²) in [6, 6.07) is 0. The molecule has 0 aromatic rings. The molecule has 0 heterocycles. The van der Waals surface area contributed by atoms with E-state index in [4.69, 9.17) is 0 Å². The van der Waals surface area contributed by atoms with Gasteiger partial charge in [-0.25, -0.2) is 0 Å². The molecule has 2 rings (SSSR count). The highest BCUT2D eigenvalue weighted by atomic mass is 16.1. The minimum absolute atomic E-state index is 0.389. The number of hydrogen-bond donors (Lipinski definition) is 0. The lowest BCUT2D eigenvalue weighted by Crippen LogP contribution is -2.26. The Balaban J connectivity index is 1.50. The average molecular weight is 321 g/mol. The number of carbonyl (C=O) groups excluding carboxylic acids is 1. The fourth-order valence-electron chi connectivity index (χ4n) is 5.09. The van der Waals surface area contributed by atoms with E-state index in [0.717, 1.165) is 17.8 Å². The van der Waals surface area contributed by atoms with Crippen molar-refractivity contribution >= 4 is 6.29 Å². The summed E-state index contributed by atoms with van der Waals surface area (Å²) in [5.41, 5.74) is 0. The Labute approximate surface area is 145 Å². The highest BCUT2D eigenvalue weighted by Crippen LogP contribution is 2.41. The van der Waals surface area contributed by atoms with Crippen LogP contribution in [0.4, 0.5) is 0 Å². The van der Waals surface area contributed by atoms with E-state index >= 15 is 0 Å². The molecule has 1 heteroatoms. The van der Waals surface area contributed by atoms with Gasteiger partial charge in [-0.1, -0.05) is 71.1 Å². The second-order valence-corrected chi connectivity index (χ2v) is 8.50. The van der Waals surface area contributed by atoms with Crippen molar-refractivity contribution in [2.75, 3.05) is 0 Å². The van der Waals surface area contributed by atoms with Crippen LogP contribution in [0.25, 0.3) is 0 Å². The molecular formula is C22H40O. The minimum Gasteiger partial charge on any atom is -0.303 e. The Hall–Kier alpha value is -0.330. The Morgan fingerprint density at radius 1 is 0.696 bits per heavy atom. The first-order valence-electron chi connectivity index (χ1n) is 10.8. The number of unbranched alkanes of at least 4 members (excludes halogenated alkanes) is 6. The van der Waals surface area contributed by atoms with Crippen LogP contribution in [0.2, 0.25) is 0 Å². The van der Waals surface area contributed by atoms with Crippen molar-refractivity contribution in [2.45, 2.75) is 110 Å². The van der Waals surface area contributed by atoms with Gasteiger partial charge in [-0.2, -0.15) is 0 Å². The molecule has 1 nitrogen and oxygen atoms in total. The molecule has 0 N–H and O–H groups in total. The summed E-state index contributed by atoms with van der Waals surface area (Å²) in [6.45, 7) is 2.30. The summed E-state index contributed by atoms with van der Waals surface area (Å²) < 4.78 is 0. The first kappa shape index (κ1) is 19.0. The molecule has 0 aromatic carbocycles. The van der Waals surface area contributed by atoms with Gasteiger partial charge in [0.1, 0.15) is 6.29 Å². The van der Waals surface area contributed by atoms with Crippen molar-refractivity contribution < 1.29 is 4.79 Å². The first-order valence-corrected chi connectivity index (χ1v) is 10.8. The standard InChI is InChI=1S/C22H40O/c1-2-3-4-5-6-7-8-9-19-10-14-21(15-11-19)22-16-12-20(18-23)13-17-22/h18-22H,2-17H2,1H3. The van der Waals surface area contributed by atoms with Gasteiger partial charge in [0.05, 0.1) is 0 Å². The maximum Gasteiger partial charge on any atom is 0.123 e. The van der Waals surface area contributed by atoms with Gasteiger partial charge in [-0.05, 0) is 56.3 Å². The van der Waals surface area contributed by atoms with Gasteiger partial charge in [0.25, 0.3) is 0 Å². The normalized spacial score (nSPS) is 31.9. The van der Waals surface area contributed by atoms with E-state index in [-0.39, 0.29) is 0 Å². The van der Waals surface area contributed by atoms with Gasteiger partial charge in [-0.15, -0.1) is 0 Å². The Kier molecular flexibility index (Phi) is 9.31. The molecule has 2 fully saturated rings. The lowest BCUT2D eigenvalue weighted by Gasteiger charge is -2.37. The summed E-state index contributed by atoms with van der Waals surface area (Å²) in [5.74, 6) is 3.37. The maximum atomic E-state index is 10.9.